The lowest BCUT2D eigenvalue weighted by Gasteiger charge is -2.12. The molecule has 140 valence electrons. The second-order valence-electron chi connectivity index (χ2n) is 6.91. The third-order valence-corrected chi connectivity index (χ3v) is 4.92. The smallest absolute Gasteiger partial charge is 0.228 e. The molecule has 5 rings (SSSR count). The van der Waals surface area contributed by atoms with Gasteiger partial charge in [-0.3, -0.25) is 4.79 Å². The van der Waals surface area contributed by atoms with Crippen LogP contribution in [0.15, 0.2) is 54.7 Å². The fourth-order valence-electron chi connectivity index (χ4n) is 3.50. The van der Waals surface area contributed by atoms with Gasteiger partial charge in [0.05, 0.1) is 12.1 Å². The van der Waals surface area contributed by atoms with Crippen LogP contribution in [0.2, 0.25) is 0 Å². The van der Waals surface area contributed by atoms with Gasteiger partial charge in [0.15, 0.2) is 5.65 Å². The third-order valence-electron chi connectivity index (χ3n) is 4.92. The number of halogens is 1. The lowest BCUT2D eigenvalue weighted by Crippen LogP contribution is -2.10. The number of amides is 1. The number of anilines is 2. The summed E-state index contributed by atoms with van der Waals surface area (Å²) in [4.78, 5) is 16.0. The highest BCUT2D eigenvalue weighted by Gasteiger charge is 2.18. The van der Waals surface area contributed by atoms with Crippen LogP contribution in [-0.4, -0.2) is 28.4 Å². The Morgan fingerprint density at radius 2 is 2.07 bits per heavy atom. The number of nitrogens with one attached hydrogen (secondary N) is 2. The maximum atomic E-state index is 14.3. The monoisotopic (exact) mass is 383 g/mol. The lowest BCUT2D eigenvalue weighted by molar-refractivity contribution is -0.115. The maximum Gasteiger partial charge on any atom is 0.228 e. The second kappa shape index (κ2) is 6.74. The van der Waals surface area contributed by atoms with Crippen LogP contribution in [0.3, 0.4) is 0 Å². The predicted octanol–water partition coefficient (Wildman–Crippen LogP) is 2.44. The van der Waals surface area contributed by atoms with Crippen LogP contribution in [0.4, 0.5) is 15.9 Å². The molecule has 1 aliphatic heterocycles. The zero-order chi connectivity index (χ0) is 20.0. The average Bonchev–Trinajstić information content (AvgIpc) is 3.28. The minimum absolute atomic E-state index is 0.00231. The third kappa shape index (κ3) is 3.12. The topological polar surface area (TPSA) is 71.3 Å². The number of aromatic nitrogens is 3. The first-order valence-electron chi connectivity index (χ1n) is 9.13. The van der Waals surface area contributed by atoms with Gasteiger partial charge in [-0.15, -0.1) is 0 Å². The number of nitrogens with zero attached hydrogens (tertiary/aromatic N) is 3. The van der Waals surface area contributed by atoms with Crippen molar-refractivity contribution in [1.82, 2.24) is 14.6 Å². The minimum Gasteiger partial charge on any atom is -0.366 e. The van der Waals surface area contributed by atoms with E-state index in [0.29, 0.717) is 41.2 Å². The number of hydrogen-bond donors (Lipinski definition) is 2. The predicted molar refractivity (Wildman–Crippen MR) is 110 cm³/mol. The van der Waals surface area contributed by atoms with Crippen molar-refractivity contribution in [3.8, 4) is 11.3 Å². The molecular weight excluding hydrogens is 368 g/mol. The molecule has 0 spiro atoms. The van der Waals surface area contributed by atoms with E-state index in [1.165, 1.54) is 12.3 Å². The van der Waals surface area contributed by atoms with Crippen LogP contribution in [0.1, 0.15) is 11.1 Å². The van der Waals surface area contributed by atoms with Crippen molar-refractivity contribution in [3.05, 3.63) is 71.7 Å². The zero-order valence-electron chi connectivity index (χ0n) is 15.3. The van der Waals surface area contributed by atoms with Gasteiger partial charge in [-0.2, -0.15) is 9.61 Å². The van der Waals surface area contributed by atoms with E-state index in [9.17, 15) is 9.18 Å². The van der Waals surface area contributed by atoms with Crippen LogP contribution >= 0.6 is 0 Å². The number of benzene rings is 2. The number of rotatable bonds is 4. The van der Waals surface area contributed by atoms with Gasteiger partial charge in [0.1, 0.15) is 19.5 Å². The van der Waals surface area contributed by atoms with Crippen LogP contribution in [0, 0.1) is 5.82 Å². The Labute approximate surface area is 167 Å². The first kappa shape index (κ1) is 17.4. The van der Waals surface area contributed by atoms with E-state index in [0.717, 1.165) is 16.8 Å². The highest BCUT2D eigenvalue weighted by molar-refractivity contribution is 6.36. The first-order valence-corrected chi connectivity index (χ1v) is 9.13. The number of carbonyl (C=O) groups excluding carboxylic acids is 1. The van der Waals surface area contributed by atoms with E-state index in [1.807, 2.05) is 18.2 Å². The van der Waals surface area contributed by atoms with E-state index in [2.05, 4.69) is 20.7 Å². The van der Waals surface area contributed by atoms with Gasteiger partial charge in [-0.25, -0.2) is 9.37 Å². The zero-order valence-corrected chi connectivity index (χ0v) is 15.3. The van der Waals surface area contributed by atoms with Crippen molar-refractivity contribution in [3.63, 3.8) is 0 Å². The Hall–Kier alpha value is -3.68. The molecule has 4 aromatic rings. The largest absolute Gasteiger partial charge is 0.366 e. The molecule has 1 aliphatic rings. The fourth-order valence-corrected chi connectivity index (χ4v) is 3.50. The van der Waals surface area contributed by atoms with Crippen molar-refractivity contribution in [1.29, 1.82) is 0 Å². The van der Waals surface area contributed by atoms with E-state index >= 15 is 0 Å². The van der Waals surface area contributed by atoms with E-state index < -0.39 is 0 Å². The second-order valence-corrected chi connectivity index (χ2v) is 6.91. The molecular formula is C21H15BFN5O. The molecule has 3 heterocycles. The molecule has 0 fully saturated rings. The Morgan fingerprint density at radius 3 is 2.93 bits per heavy atom. The molecule has 2 aromatic heterocycles. The molecule has 2 radical (unpaired) electrons. The highest BCUT2D eigenvalue weighted by Crippen LogP contribution is 2.26. The van der Waals surface area contributed by atoms with Gasteiger partial charge in [-0.05, 0) is 34.8 Å². The summed E-state index contributed by atoms with van der Waals surface area (Å²) in [6, 6.07) is 14.1. The van der Waals surface area contributed by atoms with Crippen LogP contribution in [-0.2, 0) is 17.8 Å². The quantitative estimate of drug-likeness (QED) is 0.531. The van der Waals surface area contributed by atoms with Crippen molar-refractivity contribution in [2.24, 2.45) is 0 Å². The molecule has 0 saturated heterocycles. The molecule has 0 bridgehead atoms. The van der Waals surface area contributed by atoms with E-state index in [-0.39, 0.29) is 11.7 Å². The van der Waals surface area contributed by atoms with Gasteiger partial charge < -0.3 is 10.6 Å². The number of hydrogen-bond acceptors (Lipinski definition) is 4. The molecule has 2 aromatic carbocycles. The number of fused-ring (bicyclic) bond motifs is 2. The Bertz CT molecular complexity index is 1270. The van der Waals surface area contributed by atoms with Gasteiger partial charge in [0.25, 0.3) is 0 Å². The maximum absolute atomic E-state index is 14.3. The summed E-state index contributed by atoms with van der Waals surface area (Å²) in [6.07, 6.45) is 1.90. The lowest BCUT2D eigenvalue weighted by atomic mass is 10.0. The summed E-state index contributed by atoms with van der Waals surface area (Å²) in [5.74, 6) is 0.284. The van der Waals surface area contributed by atoms with Gasteiger partial charge >= 0.3 is 0 Å². The molecule has 2 N–H and O–H groups in total. The van der Waals surface area contributed by atoms with Gasteiger partial charge in [0.2, 0.25) is 5.91 Å². The van der Waals surface area contributed by atoms with E-state index in [1.54, 1.807) is 28.8 Å². The first-order chi connectivity index (χ1) is 14.1. The Morgan fingerprint density at radius 1 is 1.21 bits per heavy atom. The highest BCUT2D eigenvalue weighted by atomic mass is 19.1. The minimum atomic E-state index is -0.357. The molecule has 0 atom stereocenters. The van der Waals surface area contributed by atoms with Crippen molar-refractivity contribution >= 4 is 36.4 Å². The standard InChI is InChI=1S/C21H15BFN5O/c22-15-11-25-28-19(9-18(27-21(15)28)14-3-1-2-4-16(14)23)24-10-12-5-6-17-13(7-12)8-20(29)26-17/h1-7,9,11,24H,8,10H2,(H,26,29). The van der Waals surface area contributed by atoms with E-state index in [4.69, 9.17) is 7.85 Å². The van der Waals surface area contributed by atoms with Gasteiger partial charge in [0, 0.05) is 30.1 Å². The summed E-state index contributed by atoms with van der Waals surface area (Å²) in [5.41, 5.74) is 4.56. The van der Waals surface area contributed by atoms with Gasteiger partial charge in [-0.1, -0.05) is 24.3 Å². The normalized spacial score (nSPS) is 12.8. The summed E-state index contributed by atoms with van der Waals surface area (Å²) in [7, 11) is 6.01. The molecule has 6 nitrogen and oxygen atoms in total. The van der Waals surface area contributed by atoms with Crippen molar-refractivity contribution < 1.29 is 9.18 Å². The molecule has 1 amide bonds. The summed E-state index contributed by atoms with van der Waals surface area (Å²) < 4.78 is 15.9. The van der Waals surface area contributed by atoms with Crippen molar-refractivity contribution in [2.75, 3.05) is 10.6 Å². The van der Waals surface area contributed by atoms with Crippen LogP contribution in [0.25, 0.3) is 16.9 Å². The molecule has 29 heavy (non-hydrogen) atoms. The fraction of sp³-hybridized carbons (Fsp3) is 0.0952. The van der Waals surface area contributed by atoms with Crippen molar-refractivity contribution in [2.45, 2.75) is 13.0 Å². The summed E-state index contributed by atoms with van der Waals surface area (Å²) in [6.45, 7) is 0.497. The molecule has 8 heteroatoms. The van der Waals surface area contributed by atoms with Crippen LogP contribution in [0.5, 0.6) is 0 Å². The molecule has 0 aliphatic carbocycles. The summed E-state index contributed by atoms with van der Waals surface area (Å²) in [5, 5.41) is 10.4. The molecule has 0 unspecified atom stereocenters. The van der Waals surface area contributed by atoms with Crippen LogP contribution < -0.4 is 16.1 Å². The molecule has 0 saturated carbocycles. The Balaban J connectivity index is 1.51. The number of carbonyl (C=O) groups is 1. The summed E-state index contributed by atoms with van der Waals surface area (Å²) >= 11 is 0. The average molecular weight is 383 g/mol. The SMILES string of the molecule is [B]c1cnn2c(NCc3ccc4c(c3)CC(=O)N4)cc(-c3ccccc3F)nc12. The Kier molecular flexibility index (Phi) is 4.05.